The fourth-order valence-corrected chi connectivity index (χ4v) is 9.24. The number of likely N-dealkylation sites (tertiary alicyclic amines) is 1. The molecule has 16 heteroatoms. The summed E-state index contributed by atoms with van der Waals surface area (Å²) in [6, 6.07) is 5.11. The molecule has 1 aliphatic heterocycles. The van der Waals surface area contributed by atoms with E-state index in [1.165, 1.54) is 22.7 Å². The molecule has 1 aromatic carbocycles. The molecule has 5 N–H and O–H groups in total. The minimum atomic E-state index is -1.41. The maximum absolute atomic E-state index is 14.7. The number of carboxylic acids is 1. The van der Waals surface area contributed by atoms with Gasteiger partial charge in [-0.1, -0.05) is 34.1 Å². The summed E-state index contributed by atoms with van der Waals surface area (Å²) in [6.07, 6.45) is 2.18. The normalized spacial score (nSPS) is 26.8. The van der Waals surface area contributed by atoms with Gasteiger partial charge in [-0.3, -0.25) is 9.59 Å². The van der Waals surface area contributed by atoms with Crippen LogP contribution in [0.1, 0.15) is 80.1 Å². The Morgan fingerprint density at radius 1 is 1.04 bits per heavy atom. The van der Waals surface area contributed by atoms with Gasteiger partial charge in [0, 0.05) is 35.4 Å². The highest BCUT2D eigenvalue weighted by Crippen LogP contribution is 2.52. The first-order chi connectivity index (χ1) is 27.1. The van der Waals surface area contributed by atoms with Gasteiger partial charge in [-0.2, -0.15) is 0 Å². The lowest BCUT2D eigenvalue weighted by molar-refractivity contribution is -0.146. The molecule has 3 heterocycles. The van der Waals surface area contributed by atoms with Crippen LogP contribution in [0.4, 0.5) is 9.93 Å². The molecular weight excluding hydrogens is 753 g/mol. The third-order valence-corrected chi connectivity index (χ3v) is 12.4. The van der Waals surface area contributed by atoms with Crippen molar-refractivity contribution in [1.29, 1.82) is 0 Å². The van der Waals surface area contributed by atoms with Crippen LogP contribution in [-0.4, -0.2) is 105 Å². The SMILES string of the molecule is CC[C@@H]1CC1(NC(=O)[C@@H]1C[C@@H](Oc2cc(-c3csc(NC(C)C)n3)nc3cc(OCCO)ccc23)CN1C(=O)[C@@H](NC(=O)O[C@@H]1C[C@@H]2C[C@@H]2C1)C(C)(C)C)C(=O)O. The van der Waals surface area contributed by atoms with E-state index in [-0.39, 0.29) is 44.2 Å². The molecule has 57 heavy (non-hydrogen) atoms. The molecule has 2 aromatic heterocycles. The average molecular weight is 807 g/mol. The lowest BCUT2D eigenvalue weighted by Crippen LogP contribution is -2.59. The van der Waals surface area contributed by atoms with Gasteiger partial charge in [0.2, 0.25) is 11.8 Å². The molecule has 7 rings (SSSR count). The smallest absolute Gasteiger partial charge is 0.408 e. The minimum Gasteiger partial charge on any atom is -0.491 e. The number of thiazole rings is 1. The van der Waals surface area contributed by atoms with Crippen LogP contribution in [-0.2, 0) is 19.1 Å². The Hall–Kier alpha value is -4.70. The minimum absolute atomic E-state index is 0.0144. The van der Waals surface area contributed by atoms with Crippen LogP contribution in [0.15, 0.2) is 29.6 Å². The maximum atomic E-state index is 14.7. The first kappa shape index (κ1) is 40.5. The van der Waals surface area contributed by atoms with Gasteiger partial charge >= 0.3 is 12.1 Å². The molecule has 15 nitrogen and oxygen atoms in total. The van der Waals surface area contributed by atoms with Crippen LogP contribution < -0.4 is 25.4 Å². The van der Waals surface area contributed by atoms with Gasteiger partial charge in [0.05, 0.1) is 24.4 Å². The Bertz CT molecular complexity index is 2010. The fraction of sp³-hybridized carbons (Fsp3) is 0.610. The molecule has 4 aliphatic rings. The van der Waals surface area contributed by atoms with Crippen molar-refractivity contribution in [2.45, 2.75) is 116 Å². The zero-order valence-corrected chi connectivity index (χ0v) is 34.2. The Labute approximate surface area is 336 Å². The van der Waals surface area contributed by atoms with Gasteiger partial charge in [-0.05, 0) is 74.8 Å². The van der Waals surface area contributed by atoms with E-state index >= 15 is 0 Å². The summed E-state index contributed by atoms with van der Waals surface area (Å²) in [5, 5.41) is 31.7. The summed E-state index contributed by atoms with van der Waals surface area (Å²) in [4.78, 5) is 65.6. The van der Waals surface area contributed by atoms with E-state index in [2.05, 4.69) is 16.0 Å². The molecule has 0 radical (unpaired) electrons. The van der Waals surface area contributed by atoms with Crippen molar-refractivity contribution in [3.8, 4) is 22.9 Å². The highest BCUT2D eigenvalue weighted by molar-refractivity contribution is 7.14. The van der Waals surface area contributed by atoms with Crippen LogP contribution in [0.3, 0.4) is 0 Å². The van der Waals surface area contributed by atoms with Crippen LogP contribution >= 0.6 is 11.3 Å². The Kier molecular flexibility index (Phi) is 11.3. The number of hydrogen-bond donors (Lipinski definition) is 5. The van der Waals surface area contributed by atoms with Crippen LogP contribution in [0.25, 0.3) is 22.3 Å². The van der Waals surface area contributed by atoms with Crippen molar-refractivity contribution in [2.24, 2.45) is 23.2 Å². The number of aliphatic carboxylic acids is 1. The quantitative estimate of drug-likeness (QED) is 0.135. The number of rotatable bonds is 15. The number of alkyl carbamates (subject to hydrolysis) is 1. The number of fused-ring (bicyclic) bond motifs is 2. The molecule has 1 unspecified atom stereocenters. The van der Waals surface area contributed by atoms with Gasteiger partial charge in [-0.15, -0.1) is 11.3 Å². The Balaban J connectivity index is 1.19. The first-order valence-electron chi connectivity index (χ1n) is 20.0. The molecule has 308 valence electrons. The summed E-state index contributed by atoms with van der Waals surface area (Å²) in [6.45, 7) is 11.4. The second-order valence-electron chi connectivity index (χ2n) is 17.3. The Morgan fingerprint density at radius 3 is 2.44 bits per heavy atom. The monoisotopic (exact) mass is 806 g/mol. The number of carbonyl (C=O) groups is 4. The predicted molar refractivity (Wildman–Crippen MR) is 213 cm³/mol. The van der Waals surface area contributed by atoms with E-state index in [1.807, 2.05) is 46.9 Å². The number of amides is 3. The molecule has 8 atom stereocenters. The van der Waals surface area contributed by atoms with Gasteiger partial charge in [0.15, 0.2) is 5.13 Å². The highest BCUT2D eigenvalue weighted by Gasteiger charge is 2.61. The second-order valence-corrected chi connectivity index (χ2v) is 18.2. The third kappa shape index (κ3) is 8.76. The number of benzene rings is 1. The number of carboxylic acid groups (broad SMARTS) is 1. The van der Waals surface area contributed by atoms with Gasteiger partial charge in [0.25, 0.3) is 0 Å². The van der Waals surface area contributed by atoms with Crippen LogP contribution in [0.2, 0.25) is 0 Å². The molecule has 3 amide bonds. The van der Waals surface area contributed by atoms with Crippen molar-refractivity contribution in [3.05, 3.63) is 29.6 Å². The van der Waals surface area contributed by atoms with Crippen molar-refractivity contribution in [2.75, 3.05) is 25.1 Å². The number of nitrogens with one attached hydrogen (secondary N) is 3. The number of carbonyl (C=O) groups excluding carboxylic acids is 3. The van der Waals surface area contributed by atoms with E-state index in [9.17, 15) is 29.4 Å². The summed E-state index contributed by atoms with van der Waals surface area (Å²) >= 11 is 1.45. The number of ether oxygens (including phenoxy) is 3. The van der Waals surface area contributed by atoms with E-state index in [0.29, 0.717) is 58.5 Å². The van der Waals surface area contributed by atoms with Crippen molar-refractivity contribution in [3.63, 3.8) is 0 Å². The van der Waals surface area contributed by atoms with Gasteiger partial charge in [-0.25, -0.2) is 19.6 Å². The summed E-state index contributed by atoms with van der Waals surface area (Å²) in [5.41, 5.74) is -0.490. The lowest BCUT2D eigenvalue weighted by atomic mass is 9.85. The maximum Gasteiger partial charge on any atom is 0.408 e. The molecule has 0 spiro atoms. The molecule has 3 aliphatic carbocycles. The largest absolute Gasteiger partial charge is 0.491 e. The van der Waals surface area contributed by atoms with Crippen LogP contribution in [0.5, 0.6) is 11.5 Å². The number of aliphatic hydroxyl groups is 1. The van der Waals surface area contributed by atoms with E-state index < -0.39 is 53.0 Å². The standard InChI is InChI=1S/C41H54N6O9S/c1-7-24-18-41(24,37(51)52)46-35(49)32-16-27(19-47(32)36(50)34(40(4,5)6)45-39(53)56-26-13-22-12-23(22)14-26)55-33-17-30(31-20-57-38(44-31)42-21(2)3)43-29-15-25(54-11-10-48)8-9-28(29)33/h8-9,15,17,20-24,26-27,32,34,48H,7,10-14,16,18-19H2,1-6H3,(H,42,44)(H,45,53)(H,46,49)(H,51,52)/t22-,23+,24-,26+,27-,32+,34-,41?/m1/s1. The fourth-order valence-electron chi connectivity index (χ4n) is 8.38. The van der Waals surface area contributed by atoms with Crippen LogP contribution in [0, 0.1) is 23.2 Å². The zero-order valence-electron chi connectivity index (χ0n) is 33.4. The molecule has 1 saturated heterocycles. The topological polar surface area (TPSA) is 202 Å². The van der Waals surface area contributed by atoms with E-state index in [1.54, 1.807) is 24.3 Å². The molecular formula is C41H54N6O9S. The number of nitrogens with zero attached hydrogens (tertiary/aromatic N) is 3. The number of hydrogen-bond acceptors (Lipinski definition) is 12. The number of anilines is 1. The first-order valence-corrected chi connectivity index (χ1v) is 20.9. The van der Waals surface area contributed by atoms with Crippen molar-refractivity contribution < 1.29 is 43.6 Å². The van der Waals surface area contributed by atoms with Gasteiger partial charge in [0.1, 0.15) is 53.6 Å². The molecule has 4 fully saturated rings. The molecule has 3 saturated carbocycles. The van der Waals surface area contributed by atoms with Crippen molar-refractivity contribution in [1.82, 2.24) is 25.5 Å². The molecule has 3 aromatic rings. The summed E-state index contributed by atoms with van der Waals surface area (Å²) in [7, 11) is 0. The highest BCUT2D eigenvalue weighted by atomic mass is 32.1. The Morgan fingerprint density at radius 2 is 1.79 bits per heavy atom. The number of aromatic nitrogens is 2. The number of aliphatic hydroxyl groups excluding tert-OH is 1. The average Bonchev–Trinajstić information content (AvgIpc) is 3.82. The zero-order chi connectivity index (χ0) is 40.8. The lowest BCUT2D eigenvalue weighted by Gasteiger charge is -2.35. The predicted octanol–water partition coefficient (Wildman–Crippen LogP) is 5.21. The van der Waals surface area contributed by atoms with Crippen molar-refractivity contribution >= 4 is 51.2 Å². The van der Waals surface area contributed by atoms with Gasteiger partial charge < -0.3 is 45.3 Å². The summed E-state index contributed by atoms with van der Waals surface area (Å²) in [5.74, 6) is -0.277. The second kappa shape index (κ2) is 15.9. The van der Waals surface area contributed by atoms with E-state index in [0.717, 1.165) is 18.0 Å². The molecule has 0 bridgehead atoms. The third-order valence-electron chi connectivity index (χ3n) is 11.6. The summed E-state index contributed by atoms with van der Waals surface area (Å²) < 4.78 is 18.2. The number of pyridine rings is 1. The van der Waals surface area contributed by atoms with E-state index in [4.69, 9.17) is 24.2 Å².